The Balaban J connectivity index is 0.00000272. The van der Waals surface area contributed by atoms with E-state index in [4.69, 9.17) is 23.7 Å². The summed E-state index contributed by atoms with van der Waals surface area (Å²) in [7, 11) is 6.86. The van der Waals surface area contributed by atoms with Crippen LogP contribution in [0.15, 0.2) is 29.4 Å². The molecule has 2 heterocycles. The van der Waals surface area contributed by atoms with Gasteiger partial charge in [0.2, 0.25) is 12.5 Å². The van der Waals surface area contributed by atoms with Crippen molar-refractivity contribution in [1.29, 1.82) is 0 Å². The van der Waals surface area contributed by atoms with Gasteiger partial charge in [-0.3, -0.25) is 4.90 Å². The second-order valence-electron chi connectivity index (χ2n) is 7.28. The van der Waals surface area contributed by atoms with Gasteiger partial charge in [-0.1, -0.05) is 5.16 Å². The van der Waals surface area contributed by atoms with Crippen LogP contribution in [0, 0.1) is 0 Å². The summed E-state index contributed by atoms with van der Waals surface area (Å²) in [6, 6.07) is 7.45. The number of ether oxygens (including phenoxy) is 5. The lowest BCUT2D eigenvalue weighted by atomic mass is 9.87. The zero-order chi connectivity index (χ0) is 21.3. The van der Waals surface area contributed by atoms with Crippen molar-refractivity contribution in [3.05, 3.63) is 41.0 Å². The number of rotatable bonds is 6. The molecule has 2 aliphatic heterocycles. The molecule has 0 radical (unpaired) electrons. The van der Waals surface area contributed by atoms with Crippen molar-refractivity contribution in [2.75, 3.05) is 41.7 Å². The summed E-state index contributed by atoms with van der Waals surface area (Å²) in [4.78, 5) is 2.24. The molecule has 0 bridgehead atoms. The summed E-state index contributed by atoms with van der Waals surface area (Å²) >= 11 is 0. The topological polar surface area (TPSA) is 82.0 Å². The number of halogens is 1. The number of benzene rings is 2. The van der Waals surface area contributed by atoms with Gasteiger partial charge < -0.3 is 28.9 Å². The summed E-state index contributed by atoms with van der Waals surface area (Å²) in [5.74, 6) is 3.22. The molecule has 4 rings (SSSR count). The molecule has 1 N–H and O–H groups in total. The van der Waals surface area contributed by atoms with Crippen LogP contribution in [0.2, 0.25) is 0 Å². The summed E-state index contributed by atoms with van der Waals surface area (Å²) in [6.45, 7) is 1.05. The van der Waals surface area contributed by atoms with Gasteiger partial charge in [-0.15, -0.1) is 12.4 Å². The number of methoxy groups -OCH3 is 3. The third-order valence-electron chi connectivity index (χ3n) is 5.77. The molecule has 1 atom stereocenters. The Morgan fingerprint density at radius 1 is 1.13 bits per heavy atom. The van der Waals surface area contributed by atoms with Gasteiger partial charge in [0, 0.05) is 30.1 Å². The summed E-state index contributed by atoms with van der Waals surface area (Å²) in [6.07, 6.45) is 1.35. The van der Waals surface area contributed by atoms with Crippen LogP contribution in [-0.4, -0.2) is 57.5 Å². The third-order valence-corrected chi connectivity index (χ3v) is 5.77. The standard InChI is InChI=1S/C22H26N2O6.ClH/c1-24-8-7-14-10-19-21(30-12-29-19)22(28-4)20(14)16(24)11-15(23-25)13-5-6-17(26-2)18(9-13)27-3;/h5-6,9-10,16,25H,7-8,11-12H2,1-4H3;1H. The van der Waals surface area contributed by atoms with Crippen molar-refractivity contribution in [3.63, 3.8) is 0 Å². The molecule has 0 aliphatic carbocycles. The first-order chi connectivity index (χ1) is 14.6. The predicted molar refractivity (Wildman–Crippen MR) is 118 cm³/mol. The Morgan fingerprint density at radius 2 is 1.90 bits per heavy atom. The molecule has 2 aromatic carbocycles. The zero-order valence-corrected chi connectivity index (χ0v) is 18.8. The van der Waals surface area contributed by atoms with E-state index < -0.39 is 0 Å². The van der Waals surface area contributed by atoms with E-state index in [9.17, 15) is 5.21 Å². The maximum absolute atomic E-state index is 9.84. The molecular weight excluding hydrogens is 424 g/mol. The van der Waals surface area contributed by atoms with Crippen LogP contribution in [0.4, 0.5) is 0 Å². The maximum atomic E-state index is 9.84. The van der Waals surface area contributed by atoms with E-state index in [0.29, 0.717) is 40.9 Å². The molecule has 0 spiro atoms. The zero-order valence-electron chi connectivity index (χ0n) is 18.0. The van der Waals surface area contributed by atoms with Crippen molar-refractivity contribution < 1.29 is 28.9 Å². The lowest BCUT2D eigenvalue weighted by molar-refractivity contribution is 0.170. The lowest BCUT2D eigenvalue weighted by Crippen LogP contribution is -2.34. The highest BCUT2D eigenvalue weighted by Gasteiger charge is 2.35. The summed E-state index contributed by atoms with van der Waals surface area (Å²) in [5.41, 5.74) is 3.50. The van der Waals surface area contributed by atoms with Gasteiger partial charge in [0.25, 0.3) is 0 Å². The quantitative estimate of drug-likeness (QED) is 0.408. The van der Waals surface area contributed by atoms with Gasteiger partial charge in [0.1, 0.15) is 0 Å². The van der Waals surface area contributed by atoms with Crippen LogP contribution < -0.4 is 23.7 Å². The van der Waals surface area contributed by atoms with Crippen LogP contribution in [-0.2, 0) is 6.42 Å². The fourth-order valence-corrected chi connectivity index (χ4v) is 4.20. The Hall–Kier alpha value is -2.84. The van der Waals surface area contributed by atoms with Crippen molar-refractivity contribution in [2.24, 2.45) is 5.16 Å². The molecule has 9 heteroatoms. The van der Waals surface area contributed by atoms with Gasteiger partial charge in [0.05, 0.1) is 27.0 Å². The average Bonchev–Trinajstić information content (AvgIpc) is 3.25. The summed E-state index contributed by atoms with van der Waals surface area (Å²) < 4.78 is 27.7. The van der Waals surface area contributed by atoms with E-state index in [2.05, 4.69) is 17.1 Å². The molecule has 8 nitrogen and oxygen atoms in total. The van der Waals surface area contributed by atoms with Gasteiger partial charge >= 0.3 is 0 Å². The number of nitrogens with zero attached hydrogens (tertiary/aromatic N) is 2. The molecule has 0 aromatic heterocycles. The van der Waals surface area contributed by atoms with Gasteiger partial charge in [-0.2, -0.15) is 0 Å². The van der Waals surface area contributed by atoms with E-state index in [-0.39, 0.29) is 25.2 Å². The number of fused-ring (bicyclic) bond motifs is 2. The smallest absolute Gasteiger partial charge is 0.231 e. The lowest BCUT2D eigenvalue weighted by Gasteiger charge is -2.36. The Labute approximate surface area is 187 Å². The second kappa shape index (κ2) is 9.53. The first kappa shape index (κ1) is 22.8. The largest absolute Gasteiger partial charge is 0.493 e. The van der Waals surface area contributed by atoms with E-state index in [1.165, 1.54) is 0 Å². The number of likely N-dealkylation sites (N-methyl/N-ethyl adjacent to an activating group) is 1. The fourth-order valence-electron chi connectivity index (χ4n) is 4.20. The SMILES string of the molecule is COc1ccc(C(CC2c3c(cc4c(c3OC)OCO4)CCN2C)=NO)cc1OC.Cl. The minimum absolute atomic E-state index is 0. The second-order valence-corrected chi connectivity index (χ2v) is 7.28. The molecular formula is C22H27ClN2O6. The fraction of sp³-hybridized carbons (Fsp3) is 0.409. The molecule has 0 saturated carbocycles. The maximum Gasteiger partial charge on any atom is 0.231 e. The molecule has 0 amide bonds. The van der Waals surface area contributed by atoms with Gasteiger partial charge in [0.15, 0.2) is 23.0 Å². The van der Waals surface area contributed by atoms with E-state index in [1.807, 2.05) is 18.2 Å². The van der Waals surface area contributed by atoms with Crippen LogP contribution in [0.1, 0.15) is 29.2 Å². The van der Waals surface area contributed by atoms with Crippen LogP contribution >= 0.6 is 12.4 Å². The van der Waals surface area contributed by atoms with E-state index in [1.54, 1.807) is 27.4 Å². The number of hydrogen-bond acceptors (Lipinski definition) is 8. The first-order valence-electron chi connectivity index (χ1n) is 9.74. The summed E-state index contributed by atoms with van der Waals surface area (Å²) in [5, 5.41) is 13.5. The van der Waals surface area contributed by atoms with Crippen LogP contribution in [0.5, 0.6) is 28.7 Å². The Kier molecular flexibility index (Phi) is 7.02. The third kappa shape index (κ3) is 4.05. The molecule has 2 aromatic rings. The molecule has 168 valence electrons. The van der Waals surface area contributed by atoms with Gasteiger partial charge in [-0.05, 0) is 43.3 Å². The first-order valence-corrected chi connectivity index (χ1v) is 9.74. The van der Waals surface area contributed by atoms with Crippen molar-refractivity contribution in [2.45, 2.75) is 18.9 Å². The van der Waals surface area contributed by atoms with Gasteiger partial charge in [-0.25, -0.2) is 0 Å². The molecule has 0 fully saturated rings. The minimum atomic E-state index is -0.0582. The van der Waals surface area contributed by atoms with Crippen LogP contribution in [0.3, 0.4) is 0 Å². The molecule has 2 aliphatic rings. The number of oxime groups is 1. The number of hydrogen-bond donors (Lipinski definition) is 1. The van der Waals surface area contributed by atoms with Crippen molar-refractivity contribution in [1.82, 2.24) is 4.90 Å². The molecule has 31 heavy (non-hydrogen) atoms. The van der Waals surface area contributed by atoms with E-state index in [0.717, 1.165) is 29.7 Å². The van der Waals surface area contributed by atoms with Crippen molar-refractivity contribution in [3.8, 4) is 28.7 Å². The average molecular weight is 451 g/mol. The normalized spacial score (nSPS) is 17.5. The predicted octanol–water partition coefficient (Wildman–Crippen LogP) is 3.66. The van der Waals surface area contributed by atoms with E-state index >= 15 is 0 Å². The monoisotopic (exact) mass is 450 g/mol. The van der Waals surface area contributed by atoms with Crippen molar-refractivity contribution >= 4 is 18.1 Å². The highest BCUT2D eigenvalue weighted by molar-refractivity contribution is 6.01. The highest BCUT2D eigenvalue weighted by atomic mass is 35.5. The highest BCUT2D eigenvalue weighted by Crippen LogP contribution is 2.50. The Bertz CT molecular complexity index is 981. The molecule has 1 unspecified atom stereocenters. The van der Waals surface area contributed by atoms with Crippen LogP contribution in [0.25, 0.3) is 0 Å². The minimum Gasteiger partial charge on any atom is -0.493 e. The Morgan fingerprint density at radius 3 is 2.58 bits per heavy atom. The molecule has 0 saturated heterocycles.